The second-order valence-corrected chi connectivity index (χ2v) is 8.21. The van der Waals surface area contributed by atoms with Crippen molar-refractivity contribution in [3.8, 4) is 0 Å². The molecule has 0 atom stereocenters. The lowest BCUT2D eigenvalue weighted by atomic mass is 10.1. The number of anilines is 2. The molecule has 164 valence electrons. The predicted molar refractivity (Wildman–Crippen MR) is 115 cm³/mol. The highest BCUT2D eigenvalue weighted by Crippen LogP contribution is 2.33. The van der Waals surface area contributed by atoms with Crippen molar-refractivity contribution in [3.63, 3.8) is 0 Å². The molecule has 2 amide bonds. The average Bonchev–Trinajstić information content (AvgIpc) is 3.52. The summed E-state index contributed by atoms with van der Waals surface area (Å²) in [5, 5.41) is 18.9. The minimum atomic E-state index is -0.466. The molecular weight excluding hydrogens is 400 g/mol. The van der Waals surface area contributed by atoms with E-state index in [0.29, 0.717) is 43.6 Å². The van der Waals surface area contributed by atoms with Gasteiger partial charge in [0.05, 0.1) is 11.1 Å². The smallest absolute Gasteiger partial charge is 0.293 e. The molecule has 2 aliphatic rings. The van der Waals surface area contributed by atoms with Crippen LogP contribution in [0.4, 0.5) is 17.2 Å². The molecule has 1 aliphatic heterocycles. The number of nitrogens with zero attached hydrogens (tertiary/aromatic N) is 5. The van der Waals surface area contributed by atoms with Gasteiger partial charge >= 0.3 is 0 Å². The Kier molecular flexibility index (Phi) is 5.62. The van der Waals surface area contributed by atoms with Crippen molar-refractivity contribution >= 4 is 29.0 Å². The second-order valence-electron chi connectivity index (χ2n) is 8.21. The average molecular weight is 426 g/mol. The van der Waals surface area contributed by atoms with Crippen LogP contribution in [-0.4, -0.2) is 57.6 Å². The van der Waals surface area contributed by atoms with Gasteiger partial charge in [-0.15, -0.1) is 0 Å². The third kappa shape index (κ3) is 4.52. The first-order valence-corrected chi connectivity index (χ1v) is 10.5. The summed E-state index contributed by atoms with van der Waals surface area (Å²) >= 11 is 0. The van der Waals surface area contributed by atoms with Crippen molar-refractivity contribution in [3.05, 3.63) is 45.6 Å². The van der Waals surface area contributed by atoms with Crippen LogP contribution in [0.5, 0.6) is 0 Å². The van der Waals surface area contributed by atoms with Gasteiger partial charge in [0.1, 0.15) is 11.5 Å². The Morgan fingerprint density at radius 1 is 1.23 bits per heavy atom. The van der Waals surface area contributed by atoms with Crippen molar-refractivity contribution in [2.45, 2.75) is 33.2 Å². The molecule has 0 unspecified atom stereocenters. The molecule has 0 spiro atoms. The lowest BCUT2D eigenvalue weighted by molar-refractivity contribution is -0.384. The zero-order chi connectivity index (χ0) is 22.1. The summed E-state index contributed by atoms with van der Waals surface area (Å²) in [6, 6.07) is 4.54. The Balaban J connectivity index is 1.53. The predicted octanol–water partition coefficient (Wildman–Crippen LogP) is 2.43. The quantitative estimate of drug-likeness (QED) is 0.561. The van der Waals surface area contributed by atoms with Crippen LogP contribution in [0.1, 0.15) is 35.7 Å². The molecular formula is C21H26N6O4. The topological polar surface area (TPSA) is 114 Å². The van der Waals surface area contributed by atoms with Gasteiger partial charge in [-0.25, -0.2) is 4.68 Å². The van der Waals surface area contributed by atoms with E-state index in [1.54, 1.807) is 27.9 Å². The van der Waals surface area contributed by atoms with Gasteiger partial charge in [0.2, 0.25) is 5.91 Å². The molecule has 2 heterocycles. The molecule has 2 fully saturated rings. The van der Waals surface area contributed by atoms with E-state index in [1.807, 2.05) is 11.8 Å². The number of nitrogens with one attached hydrogen (secondary N) is 1. The maximum absolute atomic E-state index is 12.9. The third-order valence-electron chi connectivity index (χ3n) is 5.88. The number of piperazine rings is 1. The van der Waals surface area contributed by atoms with Gasteiger partial charge in [-0.1, -0.05) is 0 Å². The molecule has 1 aromatic heterocycles. The summed E-state index contributed by atoms with van der Waals surface area (Å²) in [4.78, 5) is 39.3. The van der Waals surface area contributed by atoms with Gasteiger partial charge in [0, 0.05) is 56.8 Å². The van der Waals surface area contributed by atoms with E-state index >= 15 is 0 Å². The first-order valence-electron chi connectivity index (χ1n) is 10.5. The van der Waals surface area contributed by atoms with Crippen molar-refractivity contribution in [1.82, 2.24) is 14.7 Å². The summed E-state index contributed by atoms with van der Waals surface area (Å²) in [6.45, 7) is 6.19. The first kappa shape index (κ1) is 20.8. The molecule has 1 saturated carbocycles. The van der Waals surface area contributed by atoms with Crippen LogP contribution in [0, 0.1) is 23.0 Å². The third-order valence-corrected chi connectivity index (χ3v) is 5.88. The van der Waals surface area contributed by atoms with E-state index in [9.17, 15) is 19.7 Å². The second kappa shape index (κ2) is 8.37. The number of hydrogen-bond donors (Lipinski definition) is 1. The summed E-state index contributed by atoms with van der Waals surface area (Å²) in [5.74, 6) is 0.817. The van der Waals surface area contributed by atoms with Crippen LogP contribution in [0.3, 0.4) is 0 Å². The number of aryl methyl sites for hydroxylation is 1. The Hall–Kier alpha value is -3.43. The molecule has 10 heteroatoms. The van der Waals surface area contributed by atoms with Crippen molar-refractivity contribution in [1.29, 1.82) is 0 Å². The maximum Gasteiger partial charge on any atom is 0.293 e. The Morgan fingerprint density at radius 2 is 1.94 bits per heavy atom. The first-order chi connectivity index (χ1) is 14.8. The van der Waals surface area contributed by atoms with Gasteiger partial charge in [0.25, 0.3) is 11.6 Å². The highest BCUT2D eigenvalue weighted by molar-refractivity contribution is 6.05. The molecule has 2 aromatic rings. The van der Waals surface area contributed by atoms with Crippen LogP contribution < -0.4 is 10.2 Å². The summed E-state index contributed by atoms with van der Waals surface area (Å²) in [6.07, 6.45) is 4.05. The molecule has 4 rings (SSSR count). The molecule has 0 bridgehead atoms. The molecule has 1 aliphatic carbocycles. The Labute approximate surface area is 180 Å². The number of nitro groups is 1. The Bertz CT molecular complexity index is 1020. The van der Waals surface area contributed by atoms with Gasteiger partial charge in [-0.2, -0.15) is 5.10 Å². The fourth-order valence-corrected chi connectivity index (χ4v) is 3.85. The number of nitro benzene ring substituents is 1. The van der Waals surface area contributed by atoms with Gasteiger partial charge in [0.15, 0.2) is 0 Å². The van der Waals surface area contributed by atoms with Gasteiger partial charge in [-0.05, 0) is 37.8 Å². The maximum atomic E-state index is 12.9. The zero-order valence-electron chi connectivity index (χ0n) is 17.7. The highest BCUT2D eigenvalue weighted by atomic mass is 16.6. The highest BCUT2D eigenvalue weighted by Gasteiger charge is 2.27. The van der Waals surface area contributed by atoms with Crippen molar-refractivity contribution < 1.29 is 14.5 Å². The van der Waals surface area contributed by atoms with Gasteiger partial charge < -0.3 is 15.1 Å². The number of hydrogen-bond acceptors (Lipinski definition) is 6. The normalized spacial score (nSPS) is 16.3. The largest absolute Gasteiger partial charge is 0.362 e. The van der Waals surface area contributed by atoms with E-state index in [-0.39, 0.29) is 17.2 Å². The minimum Gasteiger partial charge on any atom is -0.362 e. The fourth-order valence-electron chi connectivity index (χ4n) is 3.85. The number of aromatic nitrogens is 2. The van der Waals surface area contributed by atoms with Crippen LogP contribution in [0.15, 0.2) is 24.4 Å². The molecule has 0 radical (unpaired) electrons. The number of rotatable bonds is 6. The molecule has 1 N–H and O–H groups in total. The summed E-state index contributed by atoms with van der Waals surface area (Å²) in [5.41, 5.74) is 1.41. The summed E-state index contributed by atoms with van der Waals surface area (Å²) < 4.78 is 1.79. The van der Waals surface area contributed by atoms with Crippen LogP contribution >= 0.6 is 0 Å². The van der Waals surface area contributed by atoms with E-state index in [4.69, 9.17) is 0 Å². The number of carbonyl (C=O) groups excluding carboxylic acids is 2. The SMILES string of the molecule is CC(=O)N1CCN(c2ccc(C(=O)Nc3c(C)cnn3CC3CC3)cc2[N+](=O)[O-])CC1. The standard InChI is InChI=1S/C21H26N6O4/c1-14-12-22-26(13-16-3-4-16)20(14)23-21(29)17-5-6-18(19(11-17)27(30)31)25-9-7-24(8-10-25)15(2)28/h5-6,11-12,16H,3-4,7-10,13H2,1-2H3,(H,23,29). The lowest BCUT2D eigenvalue weighted by Gasteiger charge is -2.35. The van der Waals surface area contributed by atoms with Crippen LogP contribution in [-0.2, 0) is 11.3 Å². The van der Waals surface area contributed by atoms with E-state index in [2.05, 4.69) is 10.4 Å². The number of carbonyl (C=O) groups is 2. The minimum absolute atomic E-state index is 0.00242. The Morgan fingerprint density at radius 3 is 2.55 bits per heavy atom. The van der Waals surface area contributed by atoms with Gasteiger partial charge in [-0.3, -0.25) is 19.7 Å². The molecule has 31 heavy (non-hydrogen) atoms. The van der Waals surface area contributed by atoms with Crippen molar-refractivity contribution in [2.24, 2.45) is 5.92 Å². The van der Waals surface area contributed by atoms with Crippen LogP contribution in [0.25, 0.3) is 0 Å². The zero-order valence-corrected chi connectivity index (χ0v) is 17.7. The van der Waals surface area contributed by atoms with E-state index in [1.165, 1.54) is 25.8 Å². The fraction of sp³-hybridized carbons (Fsp3) is 0.476. The monoisotopic (exact) mass is 426 g/mol. The summed E-state index contributed by atoms with van der Waals surface area (Å²) in [7, 11) is 0. The molecule has 1 saturated heterocycles. The number of benzene rings is 1. The van der Waals surface area contributed by atoms with Crippen molar-refractivity contribution in [2.75, 3.05) is 36.4 Å². The molecule has 10 nitrogen and oxygen atoms in total. The molecule has 1 aromatic carbocycles. The van der Waals surface area contributed by atoms with Crippen LogP contribution in [0.2, 0.25) is 0 Å². The lowest BCUT2D eigenvalue weighted by Crippen LogP contribution is -2.48. The van der Waals surface area contributed by atoms with E-state index < -0.39 is 10.8 Å². The van der Waals surface area contributed by atoms with E-state index in [0.717, 1.165) is 12.1 Å². The number of amides is 2.